The summed E-state index contributed by atoms with van der Waals surface area (Å²) in [5.41, 5.74) is 7.07. The third kappa shape index (κ3) is 3.40. The number of carbonyl (C=O) groups is 1. The van der Waals surface area contributed by atoms with Crippen LogP contribution in [-0.2, 0) is 6.54 Å². The SMILES string of the molecule is NC(=O)c1cccc(CNC2CCCC(C3CC3)C2)c1. The molecule has 0 spiro atoms. The minimum Gasteiger partial charge on any atom is -0.366 e. The summed E-state index contributed by atoms with van der Waals surface area (Å²) in [5, 5.41) is 3.66. The van der Waals surface area contributed by atoms with Gasteiger partial charge in [-0.2, -0.15) is 0 Å². The molecule has 2 unspecified atom stereocenters. The predicted molar refractivity (Wildman–Crippen MR) is 80.3 cm³/mol. The molecule has 108 valence electrons. The van der Waals surface area contributed by atoms with E-state index in [0.29, 0.717) is 11.6 Å². The molecular weight excluding hydrogens is 248 g/mol. The van der Waals surface area contributed by atoms with Crippen molar-refractivity contribution in [3.05, 3.63) is 35.4 Å². The Morgan fingerprint density at radius 1 is 1.20 bits per heavy atom. The Bertz CT molecular complexity index is 482. The number of nitrogens with two attached hydrogens (primary N) is 1. The minimum atomic E-state index is -0.349. The van der Waals surface area contributed by atoms with E-state index in [4.69, 9.17) is 5.73 Å². The van der Waals surface area contributed by atoms with Gasteiger partial charge in [-0.3, -0.25) is 4.79 Å². The van der Waals surface area contributed by atoms with E-state index in [-0.39, 0.29) is 5.91 Å². The quantitative estimate of drug-likeness (QED) is 0.866. The first kappa shape index (κ1) is 13.6. The molecule has 0 aliphatic heterocycles. The molecule has 2 saturated carbocycles. The third-order valence-electron chi connectivity index (χ3n) is 4.81. The van der Waals surface area contributed by atoms with E-state index < -0.39 is 0 Å². The Morgan fingerprint density at radius 3 is 2.80 bits per heavy atom. The minimum absolute atomic E-state index is 0.349. The Kier molecular flexibility index (Phi) is 4.06. The molecule has 1 amide bonds. The number of primary amides is 1. The molecule has 3 N–H and O–H groups in total. The van der Waals surface area contributed by atoms with Gasteiger partial charge in [0.05, 0.1) is 0 Å². The molecule has 20 heavy (non-hydrogen) atoms. The lowest BCUT2D eigenvalue weighted by Crippen LogP contribution is -2.34. The van der Waals surface area contributed by atoms with Gasteiger partial charge in [-0.05, 0) is 55.2 Å². The number of rotatable bonds is 5. The number of hydrogen-bond donors (Lipinski definition) is 2. The van der Waals surface area contributed by atoms with Gasteiger partial charge >= 0.3 is 0 Å². The van der Waals surface area contributed by atoms with Crippen molar-refractivity contribution in [1.82, 2.24) is 5.32 Å². The fraction of sp³-hybridized carbons (Fsp3) is 0.588. The van der Waals surface area contributed by atoms with E-state index in [2.05, 4.69) is 11.4 Å². The average molecular weight is 272 g/mol. The zero-order valence-corrected chi connectivity index (χ0v) is 12.0. The summed E-state index contributed by atoms with van der Waals surface area (Å²) in [6, 6.07) is 8.28. The summed E-state index contributed by atoms with van der Waals surface area (Å²) in [7, 11) is 0. The van der Waals surface area contributed by atoms with Gasteiger partial charge in [0.25, 0.3) is 0 Å². The van der Waals surface area contributed by atoms with E-state index in [1.165, 1.54) is 38.5 Å². The van der Waals surface area contributed by atoms with Crippen LogP contribution >= 0.6 is 0 Å². The van der Waals surface area contributed by atoms with Crippen LogP contribution in [0.25, 0.3) is 0 Å². The maximum Gasteiger partial charge on any atom is 0.248 e. The molecule has 0 heterocycles. The molecular formula is C17H24N2O. The fourth-order valence-electron chi connectivity index (χ4n) is 3.51. The van der Waals surface area contributed by atoms with Crippen LogP contribution < -0.4 is 11.1 Å². The summed E-state index contributed by atoms with van der Waals surface area (Å²) in [6.07, 6.45) is 8.33. The lowest BCUT2D eigenvalue weighted by atomic mass is 9.82. The molecule has 2 atom stereocenters. The van der Waals surface area contributed by atoms with Crippen molar-refractivity contribution in [3.63, 3.8) is 0 Å². The van der Waals surface area contributed by atoms with Gasteiger partial charge in [0.2, 0.25) is 5.91 Å². The van der Waals surface area contributed by atoms with Crippen molar-refractivity contribution in [2.75, 3.05) is 0 Å². The van der Waals surface area contributed by atoms with Crippen molar-refractivity contribution in [3.8, 4) is 0 Å². The highest BCUT2D eigenvalue weighted by Crippen LogP contribution is 2.43. The van der Waals surface area contributed by atoms with Gasteiger partial charge in [-0.25, -0.2) is 0 Å². The standard InChI is InChI=1S/C17H24N2O/c18-17(20)15-5-1-3-12(9-15)11-19-16-6-2-4-14(10-16)13-7-8-13/h1,3,5,9,13-14,16,19H,2,4,6-8,10-11H2,(H2,18,20). The van der Waals surface area contributed by atoms with Gasteiger partial charge in [0, 0.05) is 18.2 Å². The summed E-state index contributed by atoms with van der Waals surface area (Å²) in [5.74, 6) is 1.63. The average Bonchev–Trinajstić information content (AvgIpc) is 3.30. The molecule has 0 radical (unpaired) electrons. The maximum atomic E-state index is 11.2. The Hall–Kier alpha value is -1.35. The van der Waals surface area contributed by atoms with Crippen LogP contribution in [0.2, 0.25) is 0 Å². The van der Waals surface area contributed by atoms with Crippen LogP contribution in [0, 0.1) is 11.8 Å². The molecule has 2 aliphatic carbocycles. The van der Waals surface area contributed by atoms with E-state index >= 15 is 0 Å². The largest absolute Gasteiger partial charge is 0.366 e. The monoisotopic (exact) mass is 272 g/mol. The normalized spacial score (nSPS) is 26.4. The highest BCUT2D eigenvalue weighted by Gasteiger charge is 2.34. The molecule has 1 aromatic carbocycles. The topological polar surface area (TPSA) is 55.1 Å². The molecule has 3 rings (SSSR count). The molecule has 3 nitrogen and oxygen atoms in total. The van der Waals surface area contributed by atoms with E-state index in [1.54, 1.807) is 6.07 Å². The van der Waals surface area contributed by atoms with Crippen LogP contribution in [0.3, 0.4) is 0 Å². The van der Waals surface area contributed by atoms with Gasteiger partial charge in [-0.1, -0.05) is 25.0 Å². The lowest BCUT2D eigenvalue weighted by Gasteiger charge is -2.30. The molecule has 0 aromatic heterocycles. The summed E-state index contributed by atoms with van der Waals surface area (Å²) >= 11 is 0. The Morgan fingerprint density at radius 2 is 2.05 bits per heavy atom. The van der Waals surface area contributed by atoms with Crippen LogP contribution in [0.5, 0.6) is 0 Å². The zero-order chi connectivity index (χ0) is 13.9. The number of hydrogen-bond acceptors (Lipinski definition) is 2. The predicted octanol–water partition coefficient (Wildman–Crippen LogP) is 2.84. The second-order valence-corrected chi connectivity index (χ2v) is 6.41. The molecule has 2 fully saturated rings. The number of carbonyl (C=O) groups excluding carboxylic acids is 1. The van der Waals surface area contributed by atoms with Crippen molar-refractivity contribution in [2.45, 2.75) is 51.1 Å². The molecule has 2 aliphatic rings. The smallest absolute Gasteiger partial charge is 0.248 e. The maximum absolute atomic E-state index is 11.2. The third-order valence-corrected chi connectivity index (χ3v) is 4.81. The van der Waals surface area contributed by atoms with Gasteiger partial charge < -0.3 is 11.1 Å². The van der Waals surface area contributed by atoms with Gasteiger partial charge in [0.1, 0.15) is 0 Å². The summed E-state index contributed by atoms with van der Waals surface area (Å²) in [6.45, 7) is 0.836. The number of nitrogens with one attached hydrogen (secondary N) is 1. The Balaban J connectivity index is 1.53. The van der Waals surface area contributed by atoms with Crippen molar-refractivity contribution < 1.29 is 4.79 Å². The molecule has 0 bridgehead atoms. The van der Waals surface area contributed by atoms with Gasteiger partial charge in [0.15, 0.2) is 0 Å². The first-order valence-corrected chi connectivity index (χ1v) is 7.84. The van der Waals surface area contributed by atoms with E-state index in [0.717, 1.165) is 23.9 Å². The summed E-state index contributed by atoms with van der Waals surface area (Å²) < 4.78 is 0. The van der Waals surface area contributed by atoms with E-state index in [1.807, 2.05) is 12.1 Å². The first-order chi connectivity index (χ1) is 9.72. The number of amides is 1. The molecule has 3 heteroatoms. The Labute approximate surface area is 120 Å². The summed E-state index contributed by atoms with van der Waals surface area (Å²) in [4.78, 5) is 11.2. The van der Waals surface area contributed by atoms with Crippen molar-refractivity contribution in [2.24, 2.45) is 17.6 Å². The zero-order valence-electron chi connectivity index (χ0n) is 12.0. The fourth-order valence-corrected chi connectivity index (χ4v) is 3.51. The van der Waals surface area contributed by atoms with Crippen LogP contribution in [0.1, 0.15) is 54.4 Å². The number of benzene rings is 1. The second-order valence-electron chi connectivity index (χ2n) is 6.41. The van der Waals surface area contributed by atoms with Crippen LogP contribution in [0.15, 0.2) is 24.3 Å². The second kappa shape index (κ2) is 5.96. The van der Waals surface area contributed by atoms with E-state index in [9.17, 15) is 4.79 Å². The highest BCUT2D eigenvalue weighted by molar-refractivity contribution is 5.92. The van der Waals surface area contributed by atoms with Crippen LogP contribution in [-0.4, -0.2) is 11.9 Å². The molecule has 0 saturated heterocycles. The highest BCUT2D eigenvalue weighted by atomic mass is 16.1. The molecule has 1 aromatic rings. The van der Waals surface area contributed by atoms with Crippen LogP contribution in [0.4, 0.5) is 0 Å². The van der Waals surface area contributed by atoms with Gasteiger partial charge in [-0.15, -0.1) is 0 Å². The lowest BCUT2D eigenvalue weighted by molar-refractivity contribution is 0.1000. The van der Waals surface area contributed by atoms with Crippen molar-refractivity contribution in [1.29, 1.82) is 0 Å². The first-order valence-electron chi connectivity index (χ1n) is 7.84. The van der Waals surface area contributed by atoms with Crippen molar-refractivity contribution >= 4 is 5.91 Å².